The Morgan fingerprint density at radius 1 is 1.23 bits per heavy atom. The van der Waals surface area contributed by atoms with E-state index >= 15 is 0 Å². The minimum atomic E-state index is -0.236. The molecular weight excluding hydrogens is 346 g/mol. The van der Waals surface area contributed by atoms with Gasteiger partial charge in [-0.3, -0.25) is 0 Å². The van der Waals surface area contributed by atoms with Gasteiger partial charge in [-0.05, 0) is 43.2 Å². The molecule has 26 heavy (non-hydrogen) atoms. The Labute approximate surface area is 158 Å². The van der Waals surface area contributed by atoms with Gasteiger partial charge in [0.25, 0.3) is 0 Å². The first-order valence-corrected chi connectivity index (χ1v) is 9.40. The fourth-order valence-electron chi connectivity index (χ4n) is 2.23. The van der Waals surface area contributed by atoms with Gasteiger partial charge in [0.05, 0.1) is 24.8 Å². The van der Waals surface area contributed by atoms with Gasteiger partial charge in [-0.1, -0.05) is 24.3 Å². The molecule has 2 amide bonds. The van der Waals surface area contributed by atoms with E-state index in [0.717, 1.165) is 28.3 Å². The summed E-state index contributed by atoms with van der Waals surface area (Å²) in [6, 6.07) is 17.4. The smallest absolute Gasteiger partial charge is 0.319 e. The number of para-hydroxylation sites is 1. The van der Waals surface area contributed by atoms with Crippen molar-refractivity contribution in [3.05, 3.63) is 54.1 Å². The summed E-state index contributed by atoms with van der Waals surface area (Å²) in [5.74, 6) is 1.47. The number of amides is 2. The number of anilines is 1. The molecule has 5 nitrogen and oxygen atoms in total. The van der Waals surface area contributed by atoms with E-state index in [0.29, 0.717) is 12.3 Å². The molecule has 136 valence electrons. The molecule has 0 saturated carbocycles. The van der Waals surface area contributed by atoms with Crippen molar-refractivity contribution in [2.24, 2.45) is 5.92 Å². The molecule has 0 spiro atoms. The molecule has 0 bridgehead atoms. The van der Waals surface area contributed by atoms with Crippen LogP contribution in [0.5, 0.6) is 5.75 Å². The van der Waals surface area contributed by atoms with Gasteiger partial charge in [-0.2, -0.15) is 5.26 Å². The minimum absolute atomic E-state index is 0.0358. The molecule has 2 aromatic carbocycles. The summed E-state index contributed by atoms with van der Waals surface area (Å²) in [4.78, 5) is 13.1. The van der Waals surface area contributed by atoms with Crippen molar-refractivity contribution in [1.29, 1.82) is 5.26 Å². The third-order valence-corrected chi connectivity index (χ3v) is 5.04. The molecular formula is C20H23N3O2S. The monoisotopic (exact) mass is 369 g/mol. The van der Waals surface area contributed by atoms with E-state index in [1.807, 2.05) is 55.5 Å². The van der Waals surface area contributed by atoms with Crippen molar-refractivity contribution < 1.29 is 9.53 Å². The van der Waals surface area contributed by atoms with E-state index in [-0.39, 0.29) is 11.9 Å². The summed E-state index contributed by atoms with van der Waals surface area (Å²) in [7, 11) is 1.64. The van der Waals surface area contributed by atoms with Crippen LogP contribution in [0.15, 0.2) is 53.4 Å². The normalized spacial score (nSPS) is 11.3. The van der Waals surface area contributed by atoms with Crippen molar-refractivity contribution in [2.75, 3.05) is 24.7 Å². The van der Waals surface area contributed by atoms with Gasteiger partial charge < -0.3 is 15.4 Å². The van der Waals surface area contributed by atoms with E-state index < -0.39 is 0 Å². The number of methoxy groups -OCH3 is 1. The second-order valence-electron chi connectivity index (χ2n) is 5.82. The van der Waals surface area contributed by atoms with E-state index in [9.17, 15) is 4.79 Å². The van der Waals surface area contributed by atoms with Gasteiger partial charge in [0.2, 0.25) is 0 Å². The number of carbonyl (C=O) groups is 1. The van der Waals surface area contributed by atoms with Crippen LogP contribution in [0.25, 0.3) is 0 Å². The first kappa shape index (κ1) is 19.7. The average molecular weight is 369 g/mol. The maximum absolute atomic E-state index is 12.1. The first-order valence-electron chi connectivity index (χ1n) is 8.41. The third kappa shape index (κ3) is 6.34. The van der Waals surface area contributed by atoms with Crippen LogP contribution in [0.2, 0.25) is 0 Å². The zero-order valence-corrected chi connectivity index (χ0v) is 15.8. The molecule has 0 fully saturated rings. The summed E-state index contributed by atoms with van der Waals surface area (Å²) in [6.07, 6.45) is 0.744. The minimum Gasteiger partial charge on any atom is -0.497 e. The van der Waals surface area contributed by atoms with E-state index in [1.54, 1.807) is 18.9 Å². The molecule has 2 rings (SSSR count). The van der Waals surface area contributed by atoms with Crippen LogP contribution in [-0.2, 0) is 6.42 Å². The highest BCUT2D eigenvalue weighted by Gasteiger charge is 2.08. The number of thioether (sulfide) groups is 1. The maximum Gasteiger partial charge on any atom is 0.319 e. The first-order chi connectivity index (χ1) is 12.6. The van der Waals surface area contributed by atoms with Gasteiger partial charge >= 0.3 is 6.03 Å². The van der Waals surface area contributed by atoms with Crippen molar-refractivity contribution in [1.82, 2.24) is 5.32 Å². The van der Waals surface area contributed by atoms with Crippen molar-refractivity contribution in [3.63, 3.8) is 0 Å². The lowest BCUT2D eigenvalue weighted by Gasteiger charge is -2.12. The van der Waals surface area contributed by atoms with Crippen LogP contribution in [0.4, 0.5) is 10.5 Å². The lowest BCUT2D eigenvalue weighted by atomic mass is 10.1. The summed E-state index contributed by atoms with van der Waals surface area (Å²) < 4.78 is 5.13. The molecule has 0 aliphatic heterocycles. The number of nitrogens with zero attached hydrogens (tertiary/aromatic N) is 1. The Kier molecular flexibility index (Phi) is 7.84. The zero-order chi connectivity index (χ0) is 18.8. The van der Waals surface area contributed by atoms with Gasteiger partial charge in [0.15, 0.2) is 0 Å². The zero-order valence-electron chi connectivity index (χ0n) is 15.0. The Bertz CT molecular complexity index is 756. The number of rotatable bonds is 8. The number of ether oxygens (including phenoxy) is 1. The molecule has 0 heterocycles. The number of hydrogen-bond donors (Lipinski definition) is 2. The Morgan fingerprint density at radius 2 is 1.96 bits per heavy atom. The van der Waals surface area contributed by atoms with Crippen LogP contribution in [0, 0.1) is 17.2 Å². The molecule has 2 aromatic rings. The number of nitriles is 1. The van der Waals surface area contributed by atoms with Crippen LogP contribution >= 0.6 is 11.8 Å². The van der Waals surface area contributed by atoms with Gasteiger partial charge in [0.1, 0.15) is 5.75 Å². The number of nitrogens with one attached hydrogen (secondary N) is 2. The summed E-state index contributed by atoms with van der Waals surface area (Å²) >= 11 is 1.57. The van der Waals surface area contributed by atoms with E-state index in [4.69, 9.17) is 10.00 Å². The highest BCUT2D eigenvalue weighted by Crippen LogP contribution is 2.28. The summed E-state index contributed by atoms with van der Waals surface area (Å²) in [6.45, 7) is 2.42. The quantitative estimate of drug-likeness (QED) is 0.680. The predicted molar refractivity (Wildman–Crippen MR) is 106 cm³/mol. The average Bonchev–Trinajstić information content (AvgIpc) is 2.67. The van der Waals surface area contributed by atoms with Crippen molar-refractivity contribution >= 4 is 23.5 Å². The summed E-state index contributed by atoms with van der Waals surface area (Å²) in [5.41, 5.74) is 1.89. The molecule has 1 unspecified atom stereocenters. The largest absolute Gasteiger partial charge is 0.497 e. The lowest BCUT2D eigenvalue weighted by molar-refractivity contribution is 0.252. The second kappa shape index (κ2) is 10.4. The van der Waals surface area contributed by atoms with Gasteiger partial charge in [-0.25, -0.2) is 4.79 Å². The number of hydrogen-bond acceptors (Lipinski definition) is 4. The standard InChI is InChI=1S/C20H23N3O2S/c1-15(13-21)14-26-19-6-4-3-5-18(19)23-20(24)22-12-11-16-7-9-17(25-2)10-8-16/h3-10,15H,11-12,14H2,1-2H3,(H2,22,23,24). The number of benzene rings is 2. The van der Waals surface area contributed by atoms with Crippen LogP contribution in [-0.4, -0.2) is 25.4 Å². The maximum atomic E-state index is 12.1. The predicted octanol–water partition coefficient (Wildman–Crippen LogP) is 4.31. The Hall–Kier alpha value is -2.65. The van der Waals surface area contributed by atoms with Gasteiger partial charge in [0, 0.05) is 17.2 Å². The third-order valence-electron chi connectivity index (χ3n) is 3.70. The topological polar surface area (TPSA) is 74.2 Å². The Balaban J connectivity index is 1.82. The van der Waals surface area contributed by atoms with Crippen LogP contribution < -0.4 is 15.4 Å². The van der Waals surface area contributed by atoms with E-state index in [1.165, 1.54) is 0 Å². The second-order valence-corrected chi connectivity index (χ2v) is 6.88. The number of carbonyl (C=O) groups excluding carboxylic acids is 1. The van der Waals surface area contributed by atoms with Crippen molar-refractivity contribution in [3.8, 4) is 11.8 Å². The SMILES string of the molecule is COc1ccc(CCNC(=O)Nc2ccccc2SCC(C)C#N)cc1. The number of urea groups is 1. The van der Waals surface area contributed by atoms with Crippen LogP contribution in [0.3, 0.4) is 0 Å². The molecule has 6 heteroatoms. The van der Waals surface area contributed by atoms with Gasteiger partial charge in [-0.15, -0.1) is 11.8 Å². The molecule has 0 radical (unpaired) electrons. The van der Waals surface area contributed by atoms with E-state index in [2.05, 4.69) is 16.7 Å². The Morgan fingerprint density at radius 3 is 2.65 bits per heavy atom. The molecule has 0 aliphatic rings. The molecule has 1 atom stereocenters. The van der Waals surface area contributed by atoms with Crippen LogP contribution in [0.1, 0.15) is 12.5 Å². The molecule has 2 N–H and O–H groups in total. The lowest BCUT2D eigenvalue weighted by Crippen LogP contribution is -2.30. The molecule has 0 saturated heterocycles. The highest BCUT2D eigenvalue weighted by molar-refractivity contribution is 7.99. The fourth-order valence-corrected chi connectivity index (χ4v) is 3.18. The molecule has 0 aromatic heterocycles. The van der Waals surface area contributed by atoms with Crippen molar-refractivity contribution in [2.45, 2.75) is 18.2 Å². The highest BCUT2D eigenvalue weighted by atomic mass is 32.2. The molecule has 0 aliphatic carbocycles. The fraction of sp³-hybridized carbons (Fsp3) is 0.300. The summed E-state index contributed by atoms with van der Waals surface area (Å²) in [5, 5.41) is 14.6.